The van der Waals surface area contributed by atoms with Gasteiger partial charge in [0.05, 0.1) is 16.8 Å². The van der Waals surface area contributed by atoms with Gasteiger partial charge in [0.1, 0.15) is 0 Å². The number of aryl methyl sites for hydroxylation is 1. The molecule has 5 heteroatoms. The SMILES string of the molecule is Cc1ccc2nc(-c3ccccc3Cl)cc(C(=O)NCCc3ccccn3)c2c1. The molecule has 2 aromatic heterocycles. The Morgan fingerprint density at radius 3 is 2.66 bits per heavy atom. The lowest BCUT2D eigenvalue weighted by Crippen LogP contribution is -2.26. The molecule has 0 aliphatic heterocycles. The molecule has 29 heavy (non-hydrogen) atoms. The van der Waals surface area contributed by atoms with Crippen molar-refractivity contribution in [1.82, 2.24) is 15.3 Å². The third-order valence-corrected chi connectivity index (χ3v) is 5.08. The molecule has 0 aliphatic carbocycles. The summed E-state index contributed by atoms with van der Waals surface area (Å²) in [5, 5.41) is 4.45. The minimum absolute atomic E-state index is 0.132. The van der Waals surface area contributed by atoms with Crippen molar-refractivity contribution in [1.29, 1.82) is 0 Å². The highest BCUT2D eigenvalue weighted by Gasteiger charge is 2.15. The monoisotopic (exact) mass is 401 g/mol. The Labute approximate surface area is 174 Å². The Morgan fingerprint density at radius 2 is 1.86 bits per heavy atom. The molecule has 0 spiro atoms. The molecule has 0 fully saturated rings. The molecule has 0 saturated heterocycles. The number of halogens is 1. The normalized spacial score (nSPS) is 10.8. The van der Waals surface area contributed by atoms with Crippen LogP contribution in [-0.2, 0) is 6.42 Å². The van der Waals surface area contributed by atoms with E-state index < -0.39 is 0 Å². The summed E-state index contributed by atoms with van der Waals surface area (Å²) in [5.41, 5.74) is 4.87. The molecule has 0 saturated carbocycles. The van der Waals surface area contributed by atoms with Crippen LogP contribution in [0, 0.1) is 6.92 Å². The van der Waals surface area contributed by atoms with E-state index in [2.05, 4.69) is 10.3 Å². The Balaban J connectivity index is 1.68. The van der Waals surface area contributed by atoms with Crippen molar-refractivity contribution in [3.8, 4) is 11.3 Å². The standard InChI is InChI=1S/C24H20ClN3O/c1-16-9-10-22-19(14-16)20(15-23(28-22)18-7-2-3-8-21(18)25)24(29)27-13-11-17-6-4-5-12-26-17/h2-10,12,14-15H,11,13H2,1H3,(H,27,29). The van der Waals surface area contributed by atoms with E-state index in [1.54, 1.807) is 6.20 Å². The quantitative estimate of drug-likeness (QED) is 0.498. The fraction of sp³-hybridized carbons (Fsp3) is 0.125. The zero-order valence-corrected chi connectivity index (χ0v) is 16.8. The number of pyridine rings is 2. The number of rotatable bonds is 5. The summed E-state index contributed by atoms with van der Waals surface area (Å²) >= 11 is 6.37. The van der Waals surface area contributed by atoms with Crippen molar-refractivity contribution in [2.24, 2.45) is 0 Å². The number of benzene rings is 2. The summed E-state index contributed by atoms with van der Waals surface area (Å²) in [6.07, 6.45) is 2.43. The average Bonchev–Trinajstić information content (AvgIpc) is 2.74. The fourth-order valence-electron chi connectivity index (χ4n) is 3.28. The van der Waals surface area contributed by atoms with Crippen molar-refractivity contribution < 1.29 is 4.79 Å². The van der Waals surface area contributed by atoms with Gasteiger partial charge < -0.3 is 5.32 Å². The Kier molecular flexibility index (Phi) is 5.54. The molecule has 0 radical (unpaired) electrons. The number of nitrogens with zero attached hydrogens (tertiary/aromatic N) is 2. The van der Waals surface area contributed by atoms with Crippen molar-refractivity contribution >= 4 is 28.4 Å². The van der Waals surface area contributed by atoms with Gasteiger partial charge in [-0.1, -0.05) is 47.5 Å². The lowest BCUT2D eigenvalue weighted by Gasteiger charge is -2.12. The van der Waals surface area contributed by atoms with Crippen molar-refractivity contribution in [3.63, 3.8) is 0 Å². The summed E-state index contributed by atoms with van der Waals surface area (Å²) in [6.45, 7) is 2.51. The molecule has 0 unspecified atom stereocenters. The van der Waals surface area contributed by atoms with Crippen LogP contribution in [0.3, 0.4) is 0 Å². The smallest absolute Gasteiger partial charge is 0.252 e. The Hall–Kier alpha value is -3.24. The van der Waals surface area contributed by atoms with Crippen molar-refractivity contribution in [2.45, 2.75) is 13.3 Å². The highest BCUT2D eigenvalue weighted by molar-refractivity contribution is 6.33. The molecule has 1 amide bonds. The second-order valence-electron chi connectivity index (χ2n) is 6.88. The molecule has 0 bridgehead atoms. The minimum atomic E-state index is -0.132. The van der Waals surface area contributed by atoms with Gasteiger partial charge in [-0.25, -0.2) is 4.98 Å². The zero-order chi connectivity index (χ0) is 20.2. The first-order chi connectivity index (χ1) is 14.1. The fourth-order valence-corrected chi connectivity index (χ4v) is 3.51. The van der Waals surface area contributed by atoms with Crippen LogP contribution in [0.15, 0.2) is 72.9 Å². The molecule has 144 valence electrons. The molecule has 0 aliphatic rings. The zero-order valence-electron chi connectivity index (χ0n) is 16.0. The number of nitrogens with one attached hydrogen (secondary N) is 1. The van der Waals surface area contributed by atoms with Gasteiger partial charge in [0, 0.05) is 40.8 Å². The second-order valence-corrected chi connectivity index (χ2v) is 7.29. The summed E-state index contributed by atoms with van der Waals surface area (Å²) in [7, 11) is 0. The van der Waals surface area contributed by atoms with Crippen LogP contribution >= 0.6 is 11.6 Å². The third-order valence-electron chi connectivity index (χ3n) is 4.75. The topological polar surface area (TPSA) is 54.9 Å². The van der Waals surface area contributed by atoms with E-state index in [0.717, 1.165) is 27.7 Å². The maximum Gasteiger partial charge on any atom is 0.252 e. The van der Waals surface area contributed by atoms with Crippen LogP contribution in [-0.4, -0.2) is 22.4 Å². The van der Waals surface area contributed by atoms with Gasteiger partial charge in [0.25, 0.3) is 5.91 Å². The molecular formula is C24H20ClN3O. The van der Waals surface area contributed by atoms with Crippen LogP contribution in [0.1, 0.15) is 21.6 Å². The van der Waals surface area contributed by atoms with E-state index in [9.17, 15) is 4.79 Å². The number of hydrogen-bond donors (Lipinski definition) is 1. The Bertz CT molecular complexity index is 1180. The highest BCUT2D eigenvalue weighted by Crippen LogP contribution is 2.30. The van der Waals surface area contributed by atoms with Gasteiger partial charge in [-0.05, 0) is 43.3 Å². The summed E-state index contributed by atoms with van der Waals surface area (Å²) in [5.74, 6) is -0.132. The van der Waals surface area contributed by atoms with Crippen LogP contribution in [0.5, 0.6) is 0 Å². The maximum absolute atomic E-state index is 13.0. The molecule has 2 aromatic carbocycles. The molecule has 4 nitrogen and oxygen atoms in total. The summed E-state index contributed by atoms with van der Waals surface area (Å²) < 4.78 is 0. The average molecular weight is 402 g/mol. The molecule has 4 rings (SSSR count). The number of amides is 1. The van der Waals surface area contributed by atoms with E-state index in [1.165, 1.54) is 0 Å². The molecular weight excluding hydrogens is 382 g/mol. The van der Waals surface area contributed by atoms with Gasteiger partial charge >= 0.3 is 0 Å². The number of hydrogen-bond acceptors (Lipinski definition) is 3. The second kappa shape index (κ2) is 8.41. The van der Waals surface area contributed by atoms with Gasteiger partial charge in [-0.2, -0.15) is 0 Å². The predicted octanol–water partition coefficient (Wildman–Crippen LogP) is 5.23. The Morgan fingerprint density at radius 1 is 1.03 bits per heavy atom. The van der Waals surface area contributed by atoms with Gasteiger partial charge in [-0.15, -0.1) is 0 Å². The highest BCUT2D eigenvalue weighted by atomic mass is 35.5. The van der Waals surface area contributed by atoms with E-state index in [4.69, 9.17) is 16.6 Å². The van der Waals surface area contributed by atoms with Gasteiger partial charge in [-0.3, -0.25) is 9.78 Å². The van der Waals surface area contributed by atoms with Crippen LogP contribution in [0.25, 0.3) is 22.2 Å². The third kappa shape index (κ3) is 4.28. The summed E-state index contributed by atoms with van der Waals surface area (Å²) in [6, 6.07) is 21.0. The number of carbonyl (C=O) groups excluding carboxylic acids is 1. The largest absolute Gasteiger partial charge is 0.352 e. The van der Waals surface area contributed by atoms with Crippen molar-refractivity contribution in [2.75, 3.05) is 6.54 Å². The maximum atomic E-state index is 13.0. The molecule has 2 heterocycles. The first kappa shape index (κ1) is 19.1. The lowest BCUT2D eigenvalue weighted by atomic mass is 10.0. The van der Waals surface area contributed by atoms with Crippen molar-refractivity contribution in [3.05, 3.63) is 94.8 Å². The minimum Gasteiger partial charge on any atom is -0.352 e. The molecule has 4 aromatic rings. The number of carbonyl (C=O) groups is 1. The van der Waals surface area contributed by atoms with E-state index in [0.29, 0.717) is 29.2 Å². The van der Waals surface area contributed by atoms with E-state index in [1.807, 2.05) is 73.7 Å². The number of aromatic nitrogens is 2. The summed E-state index contributed by atoms with van der Waals surface area (Å²) in [4.78, 5) is 22.1. The van der Waals surface area contributed by atoms with Crippen LogP contribution in [0.2, 0.25) is 5.02 Å². The number of fused-ring (bicyclic) bond motifs is 1. The van der Waals surface area contributed by atoms with Crippen LogP contribution in [0.4, 0.5) is 0 Å². The lowest BCUT2D eigenvalue weighted by molar-refractivity contribution is 0.0955. The first-order valence-electron chi connectivity index (χ1n) is 9.46. The first-order valence-corrected chi connectivity index (χ1v) is 9.84. The van der Waals surface area contributed by atoms with E-state index in [-0.39, 0.29) is 5.91 Å². The van der Waals surface area contributed by atoms with Crippen LogP contribution < -0.4 is 5.32 Å². The van der Waals surface area contributed by atoms with Gasteiger partial charge in [0.2, 0.25) is 0 Å². The predicted molar refractivity (Wildman–Crippen MR) is 117 cm³/mol. The molecule has 1 N–H and O–H groups in total. The molecule has 0 atom stereocenters. The van der Waals surface area contributed by atoms with E-state index >= 15 is 0 Å². The van der Waals surface area contributed by atoms with Gasteiger partial charge in [0.15, 0.2) is 0 Å².